The van der Waals surface area contributed by atoms with Crippen LogP contribution in [0.4, 0.5) is 4.39 Å². The molecule has 6 nitrogen and oxygen atoms in total. The van der Waals surface area contributed by atoms with Crippen LogP contribution in [-0.2, 0) is 20.2 Å². The van der Waals surface area contributed by atoms with Gasteiger partial charge in [0, 0.05) is 17.5 Å². The second-order valence-electron chi connectivity index (χ2n) is 10.1. The molecule has 3 rings (SSSR count). The highest BCUT2D eigenvalue weighted by molar-refractivity contribution is 7.89. The molecule has 1 aliphatic carbocycles. The zero-order valence-corrected chi connectivity index (χ0v) is 21.3. The van der Waals surface area contributed by atoms with E-state index in [0.29, 0.717) is 31.4 Å². The molecule has 1 atom stereocenters. The summed E-state index contributed by atoms with van der Waals surface area (Å²) in [6, 6.07) is 10.6. The standard InChI is InChI=1S/C26H35FN2O4S/c1-17(18-6-10-20(27)11-7-18)28-25(30)19-8-12-21(13-9-19)29-34(31,32)22-14-15-24(33-5)23(16-22)26(2,3)4/h6-7,10-11,14-17,19,21,29H,8-9,12-13H2,1-5H3,(H,28,30)/t17-,19?,21?/m1/s1. The zero-order valence-electron chi connectivity index (χ0n) is 20.5. The monoisotopic (exact) mass is 490 g/mol. The fourth-order valence-corrected chi connectivity index (χ4v) is 5.70. The van der Waals surface area contributed by atoms with Crippen LogP contribution in [0, 0.1) is 11.7 Å². The van der Waals surface area contributed by atoms with Gasteiger partial charge in [0.2, 0.25) is 15.9 Å². The number of sulfonamides is 1. The Morgan fingerprint density at radius 3 is 2.24 bits per heavy atom. The molecule has 0 heterocycles. The lowest BCUT2D eigenvalue weighted by atomic mass is 9.85. The van der Waals surface area contributed by atoms with Crippen molar-refractivity contribution in [2.24, 2.45) is 5.92 Å². The van der Waals surface area contributed by atoms with Crippen molar-refractivity contribution in [1.82, 2.24) is 10.0 Å². The van der Waals surface area contributed by atoms with E-state index in [0.717, 1.165) is 11.1 Å². The molecular weight excluding hydrogens is 455 g/mol. The van der Waals surface area contributed by atoms with E-state index in [2.05, 4.69) is 10.0 Å². The Morgan fingerprint density at radius 1 is 1.06 bits per heavy atom. The van der Waals surface area contributed by atoms with Crippen molar-refractivity contribution >= 4 is 15.9 Å². The molecule has 8 heteroatoms. The number of carbonyl (C=O) groups excluding carboxylic acids is 1. The van der Waals surface area contributed by atoms with Gasteiger partial charge in [-0.25, -0.2) is 17.5 Å². The Balaban J connectivity index is 1.59. The lowest BCUT2D eigenvalue weighted by molar-refractivity contribution is -0.126. The Kier molecular flexibility index (Phi) is 8.03. The normalized spacial score (nSPS) is 19.9. The summed E-state index contributed by atoms with van der Waals surface area (Å²) >= 11 is 0. The van der Waals surface area contributed by atoms with Crippen LogP contribution in [0.2, 0.25) is 0 Å². The summed E-state index contributed by atoms with van der Waals surface area (Å²) in [6.45, 7) is 7.90. The first-order valence-electron chi connectivity index (χ1n) is 11.7. The predicted octanol–water partition coefficient (Wildman–Crippen LogP) is 4.85. The Labute approximate surface area is 202 Å². The van der Waals surface area contributed by atoms with Crippen molar-refractivity contribution in [3.05, 3.63) is 59.4 Å². The molecule has 2 N–H and O–H groups in total. The number of halogens is 1. The molecule has 0 saturated heterocycles. The summed E-state index contributed by atoms with van der Waals surface area (Å²) in [4.78, 5) is 12.9. The molecule has 2 aromatic rings. The van der Waals surface area contributed by atoms with Gasteiger partial charge in [-0.15, -0.1) is 0 Å². The van der Waals surface area contributed by atoms with Crippen molar-refractivity contribution in [3.63, 3.8) is 0 Å². The maximum Gasteiger partial charge on any atom is 0.240 e. The number of ether oxygens (including phenoxy) is 1. The summed E-state index contributed by atoms with van der Waals surface area (Å²) in [5, 5.41) is 2.99. The number of hydrogen-bond donors (Lipinski definition) is 2. The Bertz CT molecular complexity index is 1100. The van der Waals surface area contributed by atoms with Gasteiger partial charge in [-0.3, -0.25) is 4.79 Å². The molecule has 1 fully saturated rings. The van der Waals surface area contributed by atoms with Crippen LogP contribution >= 0.6 is 0 Å². The van der Waals surface area contributed by atoms with E-state index in [4.69, 9.17) is 4.74 Å². The highest BCUT2D eigenvalue weighted by Crippen LogP contribution is 2.33. The molecule has 0 aromatic heterocycles. The first-order chi connectivity index (χ1) is 15.9. The molecule has 0 aliphatic heterocycles. The van der Waals surface area contributed by atoms with Crippen LogP contribution in [0.3, 0.4) is 0 Å². The first kappa shape index (κ1) is 26.2. The van der Waals surface area contributed by atoms with Gasteiger partial charge >= 0.3 is 0 Å². The van der Waals surface area contributed by atoms with E-state index < -0.39 is 10.0 Å². The van der Waals surface area contributed by atoms with Gasteiger partial charge in [-0.1, -0.05) is 32.9 Å². The van der Waals surface area contributed by atoms with Crippen molar-refractivity contribution in [2.75, 3.05) is 7.11 Å². The largest absolute Gasteiger partial charge is 0.496 e. The van der Waals surface area contributed by atoms with Crippen LogP contribution < -0.4 is 14.8 Å². The number of carbonyl (C=O) groups is 1. The summed E-state index contributed by atoms with van der Waals surface area (Å²) < 4.78 is 47.5. The molecular formula is C26H35FN2O4S. The number of hydrogen-bond acceptors (Lipinski definition) is 4. The minimum atomic E-state index is -3.70. The molecule has 1 saturated carbocycles. The highest BCUT2D eigenvalue weighted by atomic mass is 32.2. The molecule has 2 aromatic carbocycles. The second-order valence-corrected chi connectivity index (χ2v) is 11.8. The SMILES string of the molecule is COc1ccc(S(=O)(=O)NC2CCC(C(=O)N[C@H](C)c3ccc(F)cc3)CC2)cc1C(C)(C)C. The number of methoxy groups -OCH3 is 1. The van der Waals surface area contributed by atoms with E-state index in [-0.39, 0.29) is 40.0 Å². The van der Waals surface area contributed by atoms with Gasteiger partial charge in [-0.05, 0) is 73.9 Å². The van der Waals surface area contributed by atoms with Gasteiger partial charge in [-0.2, -0.15) is 0 Å². The number of benzene rings is 2. The van der Waals surface area contributed by atoms with Crippen molar-refractivity contribution in [3.8, 4) is 5.75 Å². The molecule has 34 heavy (non-hydrogen) atoms. The van der Waals surface area contributed by atoms with E-state index in [1.165, 1.54) is 12.1 Å². The summed E-state index contributed by atoms with van der Waals surface area (Å²) in [6.07, 6.45) is 2.38. The van der Waals surface area contributed by atoms with Gasteiger partial charge in [0.1, 0.15) is 11.6 Å². The van der Waals surface area contributed by atoms with Crippen molar-refractivity contribution in [1.29, 1.82) is 0 Å². The van der Waals surface area contributed by atoms with Gasteiger partial charge in [0.15, 0.2) is 0 Å². The van der Waals surface area contributed by atoms with Gasteiger partial charge < -0.3 is 10.1 Å². The maximum absolute atomic E-state index is 13.1. The number of rotatable bonds is 7. The number of amides is 1. The number of nitrogens with one attached hydrogen (secondary N) is 2. The zero-order chi connectivity index (χ0) is 25.1. The van der Waals surface area contributed by atoms with Crippen LogP contribution in [0.5, 0.6) is 5.75 Å². The predicted molar refractivity (Wildman–Crippen MR) is 131 cm³/mol. The Hall–Kier alpha value is -2.45. The third-order valence-electron chi connectivity index (χ3n) is 6.44. The summed E-state index contributed by atoms with van der Waals surface area (Å²) in [5.74, 6) is 0.125. The third kappa shape index (κ3) is 6.36. The molecule has 0 radical (unpaired) electrons. The highest BCUT2D eigenvalue weighted by Gasteiger charge is 2.30. The van der Waals surface area contributed by atoms with Gasteiger partial charge in [0.25, 0.3) is 0 Å². The minimum absolute atomic E-state index is 0.0527. The summed E-state index contributed by atoms with van der Waals surface area (Å²) in [7, 11) is -2.13. The van der Waals surface area contributed by atoms with Crippen LogP contribution in [0.25, 0.3) is 0 Å². The average molecular weight is 491 g/mol. The van der Waals surface area contributed by atoms with Crippen molar-refractivity contribution in [2.45, 2.75) is 75.8 Å². The third-order valence-corrected chi connectivity index (χ3v) is 7.96. The summed E-state index contributed by atoms with van der Waals surface area (Å²) in [5.41, 5.74) is 1.40. The van der Waals surface area contributed by atoms with Gasteiger partial charge in [0.05, 0.1) is 18.0 Å². The maximum atomic E-state index is 13.1. The van der Waals surface area contributed by atoms with Crippen LogP contribution in [-0.4, -0.2) is 27.5 Å². The minimum Gasteiger partial charge on any atom is -0.496 e. The smallest absolute Gasteiger partial charge is 0.240 e. The quantitative estimate of drug-likeness (QED) is 0.581. The molecule has 1 aliphatic rings. The molecule has 0 spiro atoms. The average Bonchev–Trinajstić information content (AvgIpc) is 2.78. The molecule has 0 unspecified atom stereocenters. The molecule has 1 amide bonds. The molecule has 186 valence electrons. The van der Waals surface area contributed by atoms with E-state index in [1.54, 1.807) is 37.4 Å². The van der Waals surface area contributed by atoms with Crippen LogP contribution in [0.15, 0.2) is 47.4 Å². The fraction of sp³-hybridized carbons (Fsp3) is 0.500. The fourth-order valence-electron chi connectivity index (χ4n) is 4.37. The lowest BCUT2D eigenvalue weighted by Crippen LogP contribution is -2.41. The van der Waals surface area contributed by atoms with E-state index in [1.807, 2.05) is 27.7 Å². The second kappa shape index (κ2) is 10.4. The van der Waals surface area contributed by atoms with E-state index in [9.17, 15) is 17.6 Å². The topological polar surface area (TPSA) is 84.5 Å². The van der Waals surface area contributed by atoms with E-state index >= 15 is 0 Å². The lowest BCUT2D eigenvalue weighted by Gasteiger charge is -2.29. The Morgan fingerprint density at radius 2 is 1.68 bits per heavy atom. The first-order valence-corrected chi connectivity index (χ1v) is 13.2. The van der Waals surface area contributed by atoms with Crippen LogP contribution in [0.1, 0.15) is 70.5 Å². The van der Waals surface area contributed by atoms with Crippen molar-refractivity contribution < 1.29 is 22.3 Å². The molecule has 0 bridgehead atoms.